The Morgan fingerprint density at radius 2 is 2.28 bits per heavy atom. The van der Waals surface area contributed by atoms with Crippen molar-refractivity contribution in [2.24, 2.45) is 12.0 Å². The van der Waals surface area contributed by atoms with Crippen LogP contribution in [0.3, 0.4) is 0 Å². The van der Waals surface area contributed by atoms with Gasteiger partial charge in [-0.15, -0.1) is 24.0 Å². The van der Waals surface area contributed by atoms with E-state index in [1.807, 2.05) is 30.8 Å². The summed E-state index contributed by atoms with van der Waals surface area (Å²) in [7, 11) is 3.92. The molecule has 2 aromatic rings. The molecule has 0 atom stereocenters. The van der Waals surface area contributed by atoms with Gasteiger partial charge in [0.15, 0.2) is 5.96 Å². The number of halogens is 2. The maximum absolute atomic E-state index is 6.06. The summed E-state index contributed by atoms with van der Waals surface area (Å²) >= 11 is 6.06. The number of hydrogen-bond acceptors (Lipinski definition) is 3. The monoisotopic (exact) mass is 479 g/mol. The van der Waals surface area contributed by atoms with Crippen molar-refractivity contribution in [2.75, 3.05) is 20.1 Å². The van der Waals surface area contributed by atoms with Gasteiger partial charge in [-0.25, -0.2) is 4.98 Å². The van der Waals surface area contributed by atoms with Crippen LogP contribution in [0.15, 0.2) is 34.0 Å². The summed E-state index contributed by atoms with van der Waals surface area (Å²) in [5.41, 5.74) is 0. The molecule has 0 aliphatic rings. The van der Waals surface area contributed by atoms with Gasteiger partial charge in [0.2, 0.25) is 0 Å². The van der Waals surface area contributed by atoms with Gasteiger partial charge in [-0.2, -0.15) is 0 Å². The van der Waals surface area contributed by atoms with Crippen molar-refractivity contribution < 1.29 is 4.42 Å². The Morgan fingerprint density at radius 1 is 1.48 bits per heavy atom. The molecule has 0 aromatic carbocycles. The predicted molar refractivity (Wildman–Crippen MR) is 113 cm³/mol. The van der Waals surface area contributed by atoms with Crippen LogP contribution in [0.1, 0.15) is 31.4 Å². The Hall–Kier alpha value is -1.22. The van der Waals surface area contributed by atoms with E-state index in [2.05, 4.69) is 22.1 Å². The maximum Gasteiger partial charge on any atom is 0.194 e. The van der Waals surface area contributed by atoms with E-state index in [0.29, 0.717) is 11.7 Å². The second-order valence-corrected chi connectivity index (χ2v) is 6.11. The third kappa shape index (κ3) is 6.89. The number of unbranched alkanes of at least 4 members (excludes halogenated alkanes) is 1. The second kappa shape index (κ2) is 11.4. The summed E-state index contributed by atoms with van der Waals surface area (Å²) in [4.78, 5) is 11.1. The molecule has 2 rings (SSSR count). The highest BCUT2D eigenvalue weighted by molar-refractivity contribution is 14.0. The molecule has 1 N–H and O–H groups in total. The normalized spacial score (nSPS) is 11.3. The van der Waals surface area contributed by atoms with E-state index < -0.39 is 0 Å². The third-order valence-corrected chi connectivity index (χ3v) is 4.13. The van der Waals surface area contributed by atoms with Crippen LogP contribution in [0.4, 0.5) is 0 Å². The van der Waals surface area contributed by atoms with Crippen LogP contribution in [0, 0.1) is 0 Å². The fraction of sp³-hybridized carbons (Fsp3) is 0.529. The molecule has 0 bridgehead atoms. The van der Waals surface area contributed by atoms with Gasteiger partial charge < -0.3 is 19.2 Å². The molecular formula is C17H27ClIN5O. The molecule has 25 heavy (non-hydrogen) atoms. The van der Waals surface area contributed by atoms with E-state index in [-0.39, 0.29) is 24.0 Å². The fourth-order valence-electron chi connectivity index (χ4n) is 2.27. The van der Waals surface area contributed by atoms with Crippen molar-refractivity contribution in [2.45, 2.75) is 32.7 Å². The molecule has 8 heteroatoms. The summed E-state index contributed by atoms with van der Waals surface area (Å²) in [6.07, 6.45) is 6.39. The lowest BCUT2D eigenvalue weighted by Crippen LogP contribution is -2.40. The number of imidazole rings is 1. The summed E-state index contributed by atoms with van der Waals surface area (Å²) in [5.74, 6) is 2.74. The highest BCUT2D eigenvalue weighted by atomic mass is 127. The molecule has 0 aliphatic heterocycles. The van der Waals surface area contributed by atoms with Gasteiger partial charge in [0, 0.05) is 33.6 Å². The molecule has 0 amide bonds. The van der Waals surface area contributed by atoms with Crippen LogP contribution in [-0.4, -0.2) is 40.5 Å². The number of nitrogens with zero attached hydrogens (tertiary/aromatic N) is 4. The van der Waals surface area contributed by atoms with Gasteiger partial charge in [0.25, 0.3) is 0 Å². The van der Waals surface area contributed by atoms with Crippen LogP contribution in [0.2, 0.25) is 5.15 Å². The topological polar surface area (TPSA) is 58.6 Å². The van der Waals surface area contributed by atoms with Gasteiger partial charge in [-0.1, -0.05) is 24.9 Å². The second-order valence-electron chi connectivity index (χ2n) is 5.73. The molecule has 0 aliphatic carbocycles. The molecule has 0 fully saturated rings. The van der Waals surface area contributed by atoms with Crippen molar-refractivity contribution >= 4 is 41.5 Å². The van der Waals surface area contributed by atoms with E-state index in [1.54, 1.807) is 12.5 Å². The number of nitrogens with one attached hydrogen (secondary N) is 1. The van der Waals surface area contributed by atoms with Crippen molar-refractivity contribution in [1.82, 2.24) is 19.8 Å². The van der Waals surface area contributed by atoms with Crippen LogP contribution >= 0.6 is 35.6 Å². The molecule has 6 nitrogen and oxygen atoms in total. The standard InChI is InChI=1S/C17H26ClN5O.HI/c1-4-5-9-19-17(20-10-8-14-7-6-11-24-14)22(2)13-16-21-12-15(18)23(16)3;/h6-7,11-12H,4-5,8-10,13H2,1-3H3,(H,19,20);1H. The molecule has 0 saturated carbocycles. The maximum atomic E-state index is 6.06. The average molecular weight is 480 g/mol. The number of hydrogen-bond donors (Lipinski definition) is 1. The van der Waals surface area contributed by atoms with E-state index in [0.717, 1.165) is 49.9 Å². The summed E-state index contributed by atoms with van der Waals surface area (Å²) < 4.78 is 7.25. The minimum Gasteiger partial charge on any atom is -0.469 e. The van der Waals surface area contributed by atoms with Crippen LogP contribution in [0.5, 0.6) is 0 Å². The summed E-state index contributed by atoms with van der Waals surface area (Å²) in [6.45, 7) is 4.39. The minimum absolute atomic E-state index is 0. The molecule has 2 aromatic heterocycles. The first-order valence-electron chi connectivity index (χ1n) is 8.29. The first-order valence-corrected chi connectivity index (χ1v) is 8.67. The quantitative estimate of drug-likeness (QED) is 0.271. The van der Waals surface area contributed by atoms with E-state index in [4.69, 9.17) is 21.0 Å². The lowest BCUT2D eigenvalue weighted by atomic mass is 10.3. The molecule has 140 valence electrons. The minimum atomic E-state index is 0. The number of furan rings is 1. The molecular weight excluding hydrogens is 453 g/mol. The number of aromatic nitrogens is 2. The first kappa shape index (κ1) is 21.8. The van der Waals surface area contributed by atoms with E-state index >= 15 is 0 Å². The Morgan fingerprint density at radius 3 is 2.88 bits per heavy atom. The molecule has 0 saturated heterocycles. The third-order valence-electron chi connectivity index (χ3n) is 3.78. The van der Waals surface area contributed by atoms with Gasteiger partial charge in [0.1, 0.15) is 16.7 Å². The number of aliphatic imine (C=N–C) groups is 1. The summed E-state index contributed by atoms with van der Waals surface area (Å²) in [5, 5.41) is 4.04. The van der Waals surface area contributed by atoms with Crippen molar-refractivity contribution in [3.8, 4) is 0 Å². The highest BCUT2D eigenvalue weighted by Gasteiger charge is 2.11. The van der Waals surface area contributed by atoms with Gasteiger partial charge in [-0.05, 0) is 18.6 Å². The van der Waals surface area contributed by atoms with E-state index in [1.165, 1.54) is 0 Å². The lowest BCUT2D eigenvalue weighted by molar-refractivity contribution is 0.448. The zero-order valence-corrected chi connectivity index (χ0v) is 18.1. The molecule has 2 heterocycles. The van der Waals surface area contributed by atoms with Crippen molar-refractivity contribution in [1.29, 1.82) is 0 Å². The van der Waals surface area contributed by atoms with Gasteiger partial charge in [0.05, 0.1) is 19.0 Å². The SMILES string of the molecule is CCCCN=C(NCCc1ccco1)N(C)Cc1ncc(Cl)n1C.I. The Balaban J connectivity index is 0.00000312. The smallest absolute Gasteiger partial charge is 0.194 e. The predicted octanol–water partition coefficient (Wildman–Crippen LogP) is 3.70. The van der Waals surface area contributed by atoms with Gasteiger partial charge >= 0.3 is 0 Å². The number of rotatable bonds is 8. The Labute approximate surface area is 171 Å². The van der Waals surface area contributed by atoms with Crippen LogP contribution in [0.25, 0.3) is 0 Å². The number of guanidine groups is 1. The molecule has 0 spiro atoms. The zero-order valence-electron chi connectivity index (χ0n) is 15.0. The van der Waals surface area contributed by atoms with Gasteiger partial charge in [-0.3, -0.25) is 4.99 Å². The van der Waals surface area contributed by atoms with Crippen LogP contribution < -0.4 is 5.32 Å². The summed E-state index contributed by atoms with van der Waals surface area (Å²) in [6, 6.07) is 3.89. The Bertz CT molecular complexity index is 642. The van der Waals surface area contributed by atoms with Crippen molar-refractivity contribution in [3.05, 3.63) is 41.3 Å². The van der Waals surface area contributed by atoms with Crippen LogP contribution in [-0.2, 0) is 20.0 Å². The lowest BCUT2D eigenvalue weighted by Gasteiger charge is -2.22. The highest BCUT2D eigenvalue weighted by Crippen LogP contribution is 2.10. The average Bonchev–Trinajstić information content (AvgIpc) is 3.19. The molecule has 0 radical (unpaired) electrons. The fourth-order valence-corrected chi connectivity index (χ4v) is 2.41. The molecule has 0 unspecified atom stereocenters. The Kier molecular flexibility index (Phi) is 9.96. The van der Waals surface area contributed by atoms with Crippen molar-refractivity contribution in [3.63, 3.8) is 0 Å². The largest absolute Gasteiger partial charge is 0.469 e. The zero-order chi connectivity index (χ0) is 17.4. The van der Waals surface area contributed by atoms with E-state index in [9.17, 15) is 0 Å². The first-order chi connectivity index (χ1) is 11.6.